The van der Waals surface area contributed by atoms with Crippen molar-refractivity contribution in [2.45, 2.75) is 52.5 Å². The predicted octanol–water partition coefficient (Wildman–Crippen LogP) is 3.46. The lowest BCUT2D eigenvalue weighted by atomic mass is 9.87. The topological polar surface area (TPSA) is 67.9 Å². The maximum Gasteiger partial charge on any atom is 0.239 e. The van der Waals surface area contributed by atoms with Crippen molar-refractivity contribution >= 4 is 17.5 Å². The van der Waals surface area contributed by atoms with Crippen LogP contribution in [0.1, 0.15) is 46.5 Å². The van der Waals surface area contributed by atoms with E-state index in [4.69, 9.17) is 9.47 Å². The van der Waals surface area contributed by atoms with E-state index >= 15 is 0 Å². The highest BCUT2D eigenvalue weighted by molar-refractivity contribution is 6.10. The first-order valence-corrected chi connectivity index (χ1v) is 9.19. The normalized spacial score (nSPS) is 17.6. The minimum Gasteiger partial charge on any atom is -0.497 e. The molecular formula is C20H30N2O4. The zero-order valence-corrected chi connectivity index (χ0v) is 16.4. The van der Waals surface area contributed by atoms with Gasteiger partial charge in [0.05, 0.1) is 19.9 Å². The molecule has 1 aliphatic rings. The van der Waals surface area contributed by atoms with Crippen LogP contribution in [0.2, 0.25) is 0 Å². The lowest BCUT2D eigenvalue weighted by molar-refractivity contribution is -0.149. The molecule has 0 aromatic heterocycles. The molecule has 2 amide bonds. The zero-order valence-electron chi connectivity index (χ0n) is 16.4. The molecule has 1 heterocycles. The van der Waals surface area contributed by atoms with Gasteiger partial charge in [-0.1, -0.05) is 6.92 Å². The van der Waals surface area contributed by atoms with Crippen LogP contribution in [0.15, 0.2) is 18.2 Å². The molecule has 0 spiro atoms. The number of benzene rings is 1. The van der Waals surface area contributed by atoms with Crippen molar-refractivity contribution in [1.82, 2.24) is 4.90 Å². The van der Waals surface area contributed by atoms with Crippen LogP contribution in [-0.4, -0.2) is 43.5 Å². The fourth-order valence-electron chi connectivity index (χ4n) is 3.33. The van der Waals surface area contributed by atoms with Gasteiger partial charge in [-0.3, -0.25) is 9.59 Å². The summed E-state index contributed by atoms with van der Waals surface area (Å²) in [6, 6.07) is 5.37. The first-order valence-electron chi connectivity index (χ1n) is 9.19. The van der Waals surface area contributed by atoms with Gasteiger partial charge >= 0.3 is 0 Å². The number of likely N-dealkylation sites (tertiary alicyclic amines) is 1. The molecule has 1 atom stereocenters. The maximum atomic E-state index is 13.1. The number of ether oxygens (including phenoxy) is 2. The Morgan fingerprint density at radius 3 is 2.58 bits per heavy atom. The second-order valence-corrected chi connectivity index (χ2v) is 7.20. The Morgan fingerprint density at radius 2 is 1.96 bits per heavy atom. The van der Waals surface area contributed by atoms with Crippen molar-refractivity contribution in [1.29, 1.82) is 0 Å². The average Bonchev–Trinajstić information content (AvgIpc) is 2.67. The number of carbonyl (C=O) groups is 2. The van der Waals surface area contributed by atoms with Crippen LogP contribution >= 0.6 is 0 Å². The first kappa shape index (κ1) is 20.1. The number of nitrogens with zero attached hydrogens (tertiary/aromatic N) is 1. The number of methoxy groups -OCH3 is 2. The molecule has 2 rings (SSSR count). The second kappa shape index (κ2) is 8.43. The smallest absolute Gasteiger partial charge is 0.239 e. The van der Waals surface area contributed by atoms with Crippen molar-refractivity contribution in [2.24, 2.45) is 5.41 Å². The fourth-order valence-corrected chi connectivity index (χ4v) is 3.33. The van der Waals surface area contributed by atoms with E-state index < -0.39 is 5.41 Å². The molecule has 144 valence electrons. The van der Waals surface area contributed by atoms with Gasteiger partial charge in [-0.15, -0.1) is 0 Å². The molecule has 1 fully saturated rings. The molecule has 1 aromatic rings. The maximum absolute atomic E-state index is 13.1. The van der Waals surface area contributed by atoms with Gasteiger partial charge in [0, 0.05) is 18.7 Å². The van der Waals surface area contributed by atoms with Crippen molar-refractivity contribution in [3.8, 4) is 11.5 Å². The fraction of sp³-hybridized carbons (Fsp3) is 0.600. The van der Waals surface area contributed by atoms with Crippen molar-refractivity contribution in [3.63, 3.8) is 0 Å². The molecule has 6 nitrogen and oxygen atoms in total. The Morgan fingerprint density at radius 1 is 1.23 bits per heavy atom. The van der Waals surface area contributed by atoms with Crippen LogP contribution in [-0.2, 0) is 9.59 Å². The summed E-state index contributed by atoms with van der Waals surface area (Å²) >= 11 is 0. The van der Waals surface area contributed by atoms with Crippen LogP contribution < -0.4 is 14.8 Å². The number of nitrogens with one attached hydrogen (secondary N) is 1. The summed E-state index contributed by atoms with van der Waals surface area (Å²) in [4.78, 5) is 27.9. The lowest BCUT2D eigenvalue weighted by Gasteiger charge is -2.39. The summed E-state index contributed by atoms with van der Waals surface area (Å²) in [6.07, 6.45) is 4.05. The van der Waals surface area contributed by atoms with Crippen LogP contribution in [0.5, 0.6) is 11.5 Å². The summed E-state index contributed by atoms with van der Waals surface area (Å²) in [6.45, 7) is 6.18. The number of piperidine rings is 1. The molecular weight excluding hydrogens is 332 g/mol. The van der Waals surface area contributed by atoms with E-state index in [0.29, 0.717) is 17.2 Å². The largest absolute Gasteiger partial charge is 0.497 e. The number of carbonyl (C=O) groups excluding carboxylic acids is 2. The third-order valence-electron chi connectivity index (χ3n) is 5.12. The number of hydrogen-bond acceptors (Lipinski definition) is 4. The Labute approximate surface area is 155 Å². The van der Waals surface area contributed by atoms with Crippen LogP contribution in [0.4, 0.5) is 5.69 Å². The van der Waals surface area contributed by atoms with Gasteiger partial charge in [-0.05, 0) is 51.7 Å². The Kier molecular flexibility index (Phi) is 6.51. The van der Waals surface area contributed by atoms with Gasteiger partial charge in [0.2, 0.25) is 11.8 Å². The summed E-state index contributed by atoms with van der Waals surface area (Å²) < 4.78 is 10.5. The quantitative estimate of drug-likeness (QED) is 0.787. The zero-order chi connectivity index (χ0) is 19.3. The molecule has 6 heteroatoms. The molecule has 1 N–H and O–H groups in total. The molecule has 0 radical (unpaired) electrons. The number of amides is 2. The van der Waals surface area contributed by atoms with Gasteiger partial charge in [-0.2, -0.15) is 0 Å². The molecule has 1 unspecified atom stereocenters. The molecule has 26 heavy (non-hydrogen) atoms. The highest BCUT2D eigenvalue weighted by atomic mass is 16.5. The summed E-state index contributed by atoms with van der Waals surface area (Å²) in [5, 5.41) is 2.84. The third kappa shape index (κ3) is 4.11. The first-order chi connectivity index (χ1) is 12.3. The molecule has 0 aliphatic carbocycles. The monoisotopic (exact) mass is 362 g/mol. The van der Waals surface area contributed by atoms with Crippen molar-refractivity contribution in [2.75, 3.05) is 26.1 Å². The van der Waals surface area contributed by atoms with Crippen LogP contribution in [0.25, 0.3) is 0 Å². The molecule has 1 saturated heterocycles. The Hall–Kier alpha value is -2.24. The van der Waals surface area contributed by atoms with E-state index in [0.717, 1.165) is 32.2 Å². The van der Waals surface area contributed by atoms with Gasteiger partial charge in [-0.25, -0.2) is 0 Å². The Balaban J connectivity index is 2.18. The minimum absolute atomic E-state index is 0.117. The van der Waals surface area contributed by atoms with E-state index in [1.54, 1.807) is 39.2 Å². The van der Waals surface area contributed by atoms with Gasteiger partial charge in [0.15, 0.2) is 0 Å². The van der Waals surface area contributed by atoms with Gasteiger partial charge in [0.25, 0.3) is 0 Å². The van der Waals surface area contributed by atoms with Gasteiger partial charge < -0.3 is 19.7 Å². The van der Waals surface area contributed by atoms with Crippen LogP contribution in [0, 0.1) is 5.41 Å². The molecule has 0 bridgehead atoms. The van der Waals surface area contributed by atoms with E-state index in [1.165, 1.54) is 7.11 Å². The molecule has 0 saturated carbocycles. The lowest BCUT2D eigenvalue weighted by Crippen LogP contribution is -2.52. The second-order valence-electron chi connectivity index (χ2n) is 7.20. The van der Waals surface area contributed by atoms with E-state index in [9.17, 15) is 9.59 Å². The SMILES string of the molecule is CCC1CCCCN1C(=O)C(C)(C)C(=O)Nc1ccc(OC)cc1OC. The van der Waals surface area contributed by atoms with Crippen molar-refractivity contribution in [3.05, 3.63) is 18.2 Å². The molecule has 1 aliphatic heterocycles. The number of rotatable bonds is 6. The van der Waals surface area contributed by atoms with E-state index in [-0.39, 0.29) is 17.9 Å². The van der Waals surface area contributed by atoms with E-state index in [1.807, 2.05) is 4.90 Å². The van der Waals surface area contributed by atoms with Gasteiger partial charge in [0.1, 0.15) is 16.9 Å². The predicted molar refractivity (Wildman–Crippen MR) is 102 cm³/mol. The Bertz CT molecular complexity index is 657. The average molecular weight is 362 g/mol. The third-order valence-corrected chi connectivity index (χ3v) is 5.12. The van der Waals surface area contributed by atoms with Crippen molar-refractivity contribution < 1.29 is 19.1 Å². The summed E-state index contributed by atoms with van der Waals surface area (Å²) in [5.74, 6) is 0.667. The summed E-state index contributed by atoms with van der Waals surface area (Å²) in [5.41, 5.74) is -0.639. The van der Waals surface area contributed by atoms with E-state index in [2.05, 4.69) is 12.2 Å². The highest BCUT2D eigenvalue weighted by Gasteiger charge is 2.41. The summed E-state index contributed by atoms with van der Waals surface area (Å²) in [7, 11) is 3.10. The highest BCUT2D eigenvalue weighted by Crippen LogP contribution is 2.32. The number of hydrogen-bond donors (Lipinski definition) is 1. The van der Waals surface area contributed by atoms with Crippen LogP contribution in [0.3, 0.4) is 0 Å². The minimum atomic E-state index is -1.16. The molecule has 1 aromatic carbocycles. The number of anilines is 1. The standard InChI is InChI=1S/C20H30N2O4/c1-6-14-9-7-8-12-22(14)19(24)20(2,3)18(23)21-16-11-10-15(25-4)13-17(16)26-5/h10-11,13-14H,6-9,12H2,1-5H3,(H,21,23).